The first-order valence-corrected chi connectivity index (χ1v) is 8.14. The molecule has 2 heterocycles. The zero-order valence-electron chi connectivity index (χ0n) is 13.6. The van der Waals surface area contributed by atoms with E-state index in [4.69, 9.17) is 5.11 Å². The number of carboxylic acid groups (broad SMARTS) is 1. The number of para-hydroxylation sites is 2. The van der Waals surface area contributed by atoms with Gasteiger partial charge in [-0.25, -0.2) is 4.79 Å². The van der Waals surface area contributed by atoms with Crippen molar-refractivity contribution in [1.29, 1.82) is 0 Å². The fraction of sp³-hybridized carbons (Fsp3) is 0.529. The van der Waals surface area contributed by atoms with Crippen molar-refractivity contribution in [3.63, 3.8) is 0 Å². The Morgan fingerprint density at radius 2 is 1.83 bits per heavy atom. The highest BCUT2D eigenvalue weighted by Gasteiger charge is 2.26. The molecular weight excluding hydrogens is 294 g/mol. The van der Waals surface area contributed by atoms with Gasteiger partial charge in [0.1, 0.15) is 6.54 Å². The highest BCUT2D eigenvalue weighted by Crippen LogP contribution is 2.26. The van der Waals surface area contributed by atoms with Crippen LogP contribution < -0.4 is 5.69 Å². The summed E-state index contributed by atoms with van der Waals surface area (Å²) < 4.78 is 3.17. The number of fused-ring (bicyclic) bond motifs is 1. The second kappa shape index (κ2) is 6.20. The first-order chi connectivity index (χ1) is 11.0. The normalized spacial score (nSPS) is 17.2. The first kappa shape index (κ1) is 15.8. The van der Waals surface area contributed by atoms with Crippen LogP contribution in [0.1, 0.15) is 32.7 Å². The van der Waals surface area contributed by atoms with Crippen LogP contribution in [0.4, 0.5) is 0 Å². The number of rotatable bonds is 4. The molecule has 0 unspecified atom stereocenters. The molecule has 2 aromatic rings. The predicted octanol–water partition coefficient (Wildman–Crippen LogP) is 1.93. The molecule has 6 heteroatoms. The van der Waals surface area contributed by atoms with E-state index in [1.54, 1.807) is 4.57 Å². The number of nitrogens with zero attached hydrogens (tertiary/aromatic N) is 3. The van der Waals surface area contributed by atoms with Crippen LogP contribution >= 0.6 is 0 Å². The van der Waals surface area contributed by atoms with Gasteiger partial charge in [-0.1, -0.05) is 12.1 Å². The van der Waals surface area contributed by atoms with Crippen LogP contribution in [0, 0.1) is 0 Å². The van der Waals surface area contributed by atoms with E-state index in [1.807, 2.05) is 24.3 Å². The second-order valence-corrected chi connectivity index (χ2v) is 6.48. The molecule has 1 aliphatic rings. The van der Waals surface area contributed by atoms with E-state index in [0.29, 0.717) is 11.6 Å². The minimum absolute atomic E-state index is 0.137. The lowest BCUT2D eigenvalue weighted by atomic mass is 10.0. The van der Waals surface area contributed by atoms with E-state index >= 15 is 0 Å². The summed E-state index contributed by atoms with van der Waals surface area (Å²) in [5.41, 5.74) is 1.32. The molecule has 124 valence electrons. The Hall–Kier alpha value is -2.08. The fourth-order valence-corrected chi connectivity index (χ4v) is 3.53. The van der Waals surface area contributed by atoms with Crippen molar-refractivity contribution in [1.82, 2.24) is 14.0 Å². The van der Waals surface area contributed by atoms with Gasteiger partial charge in [0.25, 0.3) is 0 Å². The van der Waals surface area contributed by atoms with Gasteiger partial charge in [0.05, 0.1) is 11.0 Å². The van der Waals surface area contributed by atoms with Gasteiger partial charge in [0.15, 0.2) is 0 Å². The Kier molecular flexibility index (Phi) is 4.26. The second-order valence-electron chi connectivity index (χ2n) is 6.48. The van der Waals surface area contributed by atoms with Crippen LogP contribution in [0.3, 0.4) is 0 Å². The van der Waals surface area contributed by atoms with E-state index in [2.05, 4.69) is 18.7 Å². The van der Waals surface area contributed by atoms with E-state index < -0.39 is 5.97 Å². The molecule has 0 atom stereocenters. The average Bonchev–Trinajstić information content (AvgIpc) is 2.80. The number of piperidine rings is 1. The first-order valence-electron chi connectivity index (χ1n) is 8.14. The number of benzene rings is 1. The van der Waals surface area contributed by atoms with Crippen molar-refractivity contribution in [2.75, 3.05) is 13.1 Å². The van der Waals surface area contributed by atoms with Crippen molar-refractivity contribution in [2.24, 2.45) is 0 Å². The van der Waals surface area contributed by atoms with E-state index in [0.717, 1.165) is 31.4 Å². The number of imidazole rings is 1. The monoisotopic (exact) mass is 317 g/mol. The maximum absolute atomic E-state index is 12.8. The molecule has 1 aromatic carbocycles. The lowest BCUT2D eigenvalue weighted by molar-refractivity contribution is -0.137. The van der Waals surface area contributed by atoms with Gasteiger partial charge < -0.3 is 10.0 Å². The minimum atomic E-state index is -0.996. The summed E-state index contributed by atoms with van der Waals surface area (Å²) in [5, 5.41) is 9.09. The van der Waals surface area contributed by atoms with Crippen LogP contribution in [0.5, 0.6) is 0 Å². The molecule has 1 N–H and O–H groups in total. The molecule has 0 saturated carbocycles. The quantitative estimate of drug-likeness (QED) is 0.936. The number of carbonyl (C=O) groups is 1. The largest absolute Gasteiger partial charge is 0.480 e. The number of likely N-dealkylation sites (tertiary alicyclic amines) is 1. The summed E-state index contributed by atoms with van der Waals surface area (Å²) in [6.45, 7) is 6.01. The maximum atomic E-state index is 12.8. The summed E-state index contributed by atoms with van der Waals surface area (Å²) in [4.78, 5) is 26.3. The highest BCUT2D eigenvalue weighted by atomic mass is 16.4. The maximum Gasteiger partial charge on any atom is 0.329 e. The van der Waals surface area contributed by atoms with Crippen LogP contribution in [-0.2, 0) is 11.3 Å². The number of hydrogen-bond donors (Lipinski definition) is 1. The Labute approximate surface area is 134 Å². The highest BCUT2D eigenvalue weighted by molar-refractivity contribution is 5.78. The van der Waals surface area contributed by atoms with Gasteiger partial charge in [0.2, 0.25) is 0 Å². The Balaban J connectivity index is 2.00. The summed E-state index contributed by atoms with van der Waals surface area (Å²) >= 11 is 0. The Bertz CT molecular complexity index is 767. The number of aliphatic carboxylic acids is 1. The number of carboxylic acids is 1. The van der Waals surface area contributed by atoms with Crippen molar-refractivity contribution >= 4 is 17.0 Å². The molecule has 0 bridgehead atoms. The van der Waals surface area contributed by atoms with Gasteiger partial charge >= 0.3 is 11.7 Å². The number of hydrogen-bond acceptors (Lipinski definition) is 3. The van der Waals surface area contributed by atoms with E-state index in [1.165, 1.54) is 4.57 Å². The molecule has 1 saturated heterocycles. The lowest BCUT2D eigenvalue weighted by Crippen LogP contribution is -2.41. The molecule has 0 spiro atoms. The molecule has 3 rings (SSSR count). The van der Waals surface area contributed by atoms with Crippen molar-refractivity contribution in [3.8, 4) is 0 Å². The zero-order valence-corrected chi connectivity index (χ0v) is 13.6. The molecule has 23 heavy (non-hydrogen) atoms. The van der Waals surface area contributed by atoms with Crippen LogP contribution in [-0.4, -0.2) is 44.2 Å². The van der Waals surface area contributed by atoms with Gasteiger partial charge in [-0.05, 0) is 38.8 Å². The SMILES string of the molecule is CC(C)N1CCC(n2c(=O)n(CC(=O)O)c3ccccc32)CC1. The molecule has 0 aliphatic carbocycles. The lowest BCUT2D eigenvalue weighted by Gasteiger charge is -2.35. The molecule has 0 amide bonds. The summed E-state index contributed by atoms with van der Waals surface area (Å²) in [7, 11) is 0. The molecule has 1 aromatic heterocycles. The molecule has 6 nitrogen and oxygen atoms in total. The third-order valence-electron chi connectivity index (χ3n) is 4.76. The smallest absolute Gasteiger partial charge is 0.329 e. The summed E-state index contributed by atoms with van der Waals surface area (Å²) in [6.07, 6.45) is 1.83. The molecule has 0 radical (unpaired) electrons. The Morgan fingerprint density at radius 1 is 1.22 bits per heavy atom. The standard InChI is InChI=1S/C17H23N3O3/c1-12(2)18-9-7-13(8-10-18)20-15-6-4-3-5-14(15)19(17(20)23)11-16(21)22/h3-6,12-13H,7-11H2,1-2H3,(H,21,22). The minimum Gasteiger partial charge on any atom is -0.480 e. The van der Waals surface area contributed by atoms with Gasteiger partial charge in [-0.2, -0.15) is 0 Å². The molecule has 1 fully saturated rings. The molecular formula is C17H23N3O3. The van der Waals surface area contributed by atoms with Crippen LogP contribution in [0.15, 0.2) is 29.1 Å². The molecule has 1 aliphatic heterocycles. The zero-order chi connectivity index (χ0) is 16.6. The van der Waals surface area contributed by atoms with Crippen molar-refractivity contribution in [2.45, 2.75) is 45.3 Å². The van der Waals surface area contributed by atoms with Crippen LogP contribution in [0.2, 0.25) is 0 Å². The topological polar surface area (TPSA) is 67.5 Å². The van der Waals surface area contributed by atoms with Gasteiger partial charge in [-0.3, -0.25) is 13.9 Å². The third kappa shape index (κ3) is 2.91. The number of aromatic nitrogens is 2. The van der Waals surface area contributed by atoms with Crippen molar-refractivity contribution < 1.29 is 9.90 Å². The third-order valence-corrected chi connectivity index (χ3v) is 4.76. The van der Waals surface area contributed by atoms with Gasteiger partial charge in [-0.15, -0.1) is 0 Å². The van der Waals surface area contributed by atoms with E-state index in [9.17, 15) is 9.59 Å². The summed E-state index contributed by atoms with van der Waals surface area (Å²) in [6, 6.07) is 8.11. The predicted molar refractivity (Wildman–Crippen MR) is 88.8 cm³/mol. The fourth-order valence-electron chi connectivity index (χ4n) is 3.53. The van der Waals surface area contributed by atoms with Crippen LogP contribution in [0.25, 0.3) is 11.0 Å². The van der Waals surface area contributed by atoms with Crippen molar-refractivity contribution in [3.05, 3.63) is 34.7 Å². The van der Waals surface area contributed by atoms with E-state index in [-0.39, 0.29) is 18.3 Å². The Morgan fingerprint density at radius 3 is 2.39 bits per heavy atom. The van der Waals surface area contributed by atoms with Gasteiger partial charge in [0, 0.05) is 25.2 Å². The average molecular weight is 317 g/mol. The summed E-state index contributed by atoms with van der Waals surface area (Å²) in [5.74, 6) is -0.996.